The average molecular weight is 437 g/mol. The lowest BCUT2D eigenvalue weighted by Gasteiger charge is -2.15. The van der Waals surface area contributed by atoms with Gasteiger partial charge in [0.05, 0.1) is 36.8 Å². The summed E-state index contributed by atoms with van der Waals surface area (Å²) in [5.41, 5.74) is 0.331. The maximum atomic E-state index is 12.5. The van der Waals surface area contributed by atoms with E-state index in [9.17, 15) is 24.3 Å². The van der Waals surface area contributed by atoms with Crippen LogP contribution in [-0.2, 0) is 0 Å². The van der Waals surface area contributed by atoms with E-state index in [0.717, 1.165) is 12.1 Å². The highest BCUT2D eigenvalue weighted by Crippen LogP contribution is 2.44. The van der Waals surface area contributed by atoms with Gasteiger partial charge in [-0.1, -0.05) is 46.4 Å². The van der Waals surface area contributed by atoms with Crippen LogP contribution in [0.5, 0.6) is 5.88 Å². The molecule has 0 fully saturated rings. The molecule has 12 heteroatoms. The number of rotatable bonds is 2. The summed E-state index contributed by atoms with van der Waals surface area (Å²) in [6, 6.07) is 1.80. The summed E-state index contributed by atoms with van der Waals surface area (Å²) in [7, 11) is 0. The van der Waals surface area contributed by atoms with Gasteiger partial charge in [0.1, 0.15) is 0 Å². The Balaban J connectivity index is 2.01. The molecule has 0 radical (unpaired) electrons. The van der Waals surface area contributed by atoms with E-state index >= 15 is 0 Å². The Morgan fingerprint density at radius 3 is 1.88 bits per heavy atom. The van der Waals surface area contributed by atoms with Crippen molar-refractivity contribution in [2.24, 2.45) is 0 Å². The smallest absolute Gasteiger partial charge is 0.282 e. The molecule has 0 saturated heterocycles. The summed E-state index contributed by atoms with van der Waals surface area (Å²) in [5.74, 6) is -3.56. The summed E-state index contributed by atoms with van der Waals surface area (Å²) in [4.78, 5) is 50.5. The first-order valence-corrected chi connectivity index (χ1v) is 8.13. The predicted octanol–water partition coefficient (Wildman–Crippen LogP) is 2.64. The minimum atomic E-state index is -1.01. The molecular weight excluding hydrogens is 432 g/mol. The highest BCUT2D eigenvalue weighted by Gasteiger charge is 2.42. The van der Waals surface area contributed by atoms with Gasteiger partial charge in [0.15, 0.2) is 5.88 Å². The number of benzene rings is 1. The Bertz CT molecular complexity index is 1020. The van der Waals surface area contributed by atoms with Gasteiger partial charge in [-0.2, -0.15) is 5.01 Å². The fourth-order valence-electron chi connectivity index (χ4n) is 2.28. The summed E-state index contributed by atoms with van der Waals surface area (Å²) in [5, 5.41) is 8.68. The lowest BCUT2D eigenvalue weighted by atomic mass is 10.1. The third kappa shape index (κ3) is 2.80. The van der Waals surface area contributed by atoms with Crippen molar-refractivity contribution in [3.63, 3.8) is 0 Å². The minimum Gasteiger partial charge on any atom is -0.494 e. The van der Waals surface area contributed by atoms with E-state index in [4.69, 9.17) is 46.4 Å². The number of aromatic amines is 1. The molecule has 1 aliphatic heterocycles. The van der Waals surface area contributed by atoms with Crippen molar-refractivity contribution in [1.82, 2.24) is 15.4 Å². The molecule has 1 aliphatic rings. The predicted molar refractivity (Wildman–Crippen MR) is 93.2 cm³/mol. The highest BCUT2D eigenvalue weighted by atomic mass is 35.5. The molecule has 0 saturated carbocycles. The molecule has 0 aliphatic carbocycles. The Kier molecular flexibility index (Phi) is 4.61. The van der Waals surface area contributed by atoms with Crippen LogP contribution in [0.2, 0.25) is 20.1 Å². The molecule has 0 bridgehead atoms. The zero-order valence-corrected chi connectivity index (χ0v) is 15.2. The van der Waals surface area contributed by atoms with Gasteiger partial charge in [-0.3, -0.25) is 29.6 Å². The van der Waals surface area contributed by atoms with E-state index in [1.807, 2.05) is 10.4 Å². The number of fused-ring (bicyclic) bond motifs is 1. The van der Waals surface area contributed by atoms with E-state index < -0.39 is 29.2 Å². The number of hydrogen-bond acceptors (Lipinski definition) is 5. The maximum Gasteiger partial charge on any atom is 0.282 e. The molecule has 3 rings (SSSR count). The van der Waals surface area contributed by atoms with Crippen molar-refractivity contribution in [2.45, 2.75) is 0 Å². The standard InChI is InChI=1S/C14H5Cl4N3O5/c15-8-6-7(9(16)11(18)10(8)17)14(26)21(13(6)25)20-12(24)3-1-4(22)19-5(23)2-3/h1-2H,(H,20,24)(H2,19,22,23). The SMILES string of the molecule is O=C(NN1C(=O)c2c(Cl)c(Cl)c(Cl)c(Cl)c2C1=O)c1cc(O)[nH]c(=O)c1. The Hall–Kier alpha value is -2.26. The van der Waals surface area contributed by atoms with E-state index in [0.29, 0.717) is 5.01 Å². The van der Waals surface area contributed by atoms with Crippen molar-refractivity contribution in [1.29, 1.82) is 0 Å². The number of amides is 3. The summed E-state index contributed by atoms with van der Waals surface area (Å²) >= 11 is 23.7. The largest absolute Gasteiger partial charge is 0.494 e. The normalized spacial score (nSPS) is 13.2. The number of aromatic nitrogens is 1. The second kappa shape index (κ2) is 6.48. The van der Waals surface area contributed by atoms with Gasteiger partial charge in [0.25, 0.3) is 23.3 Å². The van der Waals surface area contributed by atoms with Crippen LogP contribution in [-0.4, -0.2) is 32.8 Å². The molecular formula is C14H5Cl4N3O5. The van der Waals surface area contributed by atoms with Gasteiger partial charge in [-0.25, -0.2) is 0 Å². The topological polar surface area (TPSA) is 120 Å². The molecule has 1 aromatic carbocycles. The number of pyridine rings is 1. The fourth-order valence-corrected chi connectivity index (χ4v) is 3.29. The van der Waals surface area contributed by atoms with E-state index in [2.05, 4.69) is 0 Å². The first-order chi connectivity index (χ1) is 12.1. The van der Waals surface area contributed by atoms with Gasteiger partial charge < -0.3 is 5.11 Å². The third-order valence-corrected chi connectivity index (χ3v) is 5.21. The number of carbonyl (C=O) groups excluding carboxylic acids is 3. The molecule has 134 valence electrons. The van der Waals surface area contributed by atoms with Crippen molar-refractivity contribution < 1.29 is 19.5 Å². The number of hydrazine groups is 1. The zero-order valence-electron chi connectivity index (χ0n) is 12.2. The molecule has 3 amide bonds. The first kappa shape index (κ1) is 18.5. The number of halogens is 4. The van der Waals surface area contributed by atoms with Crippen molar-refractivity contribution >= 4 is 64.1 Å². The Morgan fingerprint density at radius 2 is 1.42 bits per heavy atom. The van der Waals surface area contributed by atoms with Gasteiger partial charge in [-0.05, 0) is 0 Å². The van der Waals surface area contributed by atoms with Crippen LogP contribution in [0, 0.1) is 0 Å². The molecule has 1 aromatic heterocycles. The second-order valence-electron chi connectivity index (χ2n) is 5.01. The highest BCUT2D eigenvalue weighted by molar-refractivity contribution is 6.55. The van der Waals surface area contributed by atoms with Gasteiger partial charge in [0.2, 0.25) is 0 Å². The quantitative estimate of drug-likeness (QED) is 0.379. The van der Waals surface area contributed by atoms with Crippen LogP contribution >= 0.6 is 46.4 Å². The number of nitrogens with one attached hydrogen (secondary N) is 2. The van der Waals surface area contributed by atoms with Crippen LogP contribution in [0.4, 0.5) is 0 Å². The number of imide groups is 1. The van der Waals surface area contributed by atoms with E-state index in [-0.39, 0.29) is 36.8 Å². The van der Waals surface area contributed by atoms with Gasteiger partial charge in [-0.15, -0.1) is 0 Å². The molecule has 0 unspecified atom stereocenters. The van der Waals surface area contributed by atoms with Crippen molar-refractivity contribution in [3.05, 3.63) is 59.3 Å². The van der Waals surface area contributed by atoms with Crippen LogP contribution < -0.4 is 11.0 Å². The van der Waals surface area contributed by atoms with Gasteiger partial charge >= 0.3 is 0 Å². The van der Waals surface area contributed by atoms with Crippen molar-refractivity contribution in [3.8, 4) is 5.88 Å². The summed E-state index contributed by atoms with van der Waals surface area (Å²) in [6.45, 7) is 0. The van der Waals surface area contributed by atoms with Crippen LogP contribution in [0.3, 0.4) is 0 Å². The lowest BCUT2D eigenvalue weighted by Crippen LogP contribution is -2.46. The summed E-state index contributed by atoms with van der Waals surface area (Å²) in [6.07, 6.45) is 0. The lowest BCUT2D eigenvalue weighted by molar-refractivity contribution is 0.0518. The molecule has 0 atom stereocenters. The number of hydrogen-bond donors (Lipinski definition) is 3. The third-order valence-electron chi connectivity index (χ3n) is 3.41. The van der Waals surface area contributed by atoms with Crippen molar-refractivity contribution in [2.75, 3.05) is 0 Å². The Morgan fingerprint density at radius 1 is 0.923 bits per heavy atom. The van der Waals surface area contributed by atoms with Crippen LogP contribution in [0.25, 0.3) is 0 Å². The van der Waals surface area contributed by atoms with E-state index in [1.54, 1.807) is 0 Å². The molecule has 0 spiro atoms. The molecule has 2 heterocycles. The number of H-pyrrole nitrogens is 1. The molecule has 8 nitrogen and oxygen atoms in total. The second-order valence-corrected chi connectivity index (χ2v) is 6.52. The zero-order chi connectivity index (χ0) is 19.3. The fraction of sp³-hybridized carbons (Fsp3) is 0. The van der Waals surface area contributed by atoms with Gasteiger partial charge in [0, 0.05) is 12.1 Å². The average Bonchev–Trinajstić information content (AvgIpc) is 2.82. The molecule has 3 N–H and O–H groups in total. The monoisotopic (exact) mass is 435 g/mol. The number of carbonyl (C=O) groups is 3. The van der Waals surface area contributed by atoms with E-state index in [1.165, 1.54) is 0 Å². The summed E-state index contributed by atoms with van der Waals surface area (Å²) < 4.78 is 0. The molecule has 2 aromatic rings. The number of nitrogens with zero attached hydrogens (tertiary/aromatic N) is 1. The first-order valence-electron chi connectivity index (χ1n) is 6.62. The maximum absolute atomic E-state index is 12.5. The molecule has 26 heavy (non-hydrogen) atoms. The number of aromatic hydroxyl groups is 1. The Labute approximate surface area is 164 Å². The van der Waals surface area contributed by atoms with Crippen LogP contribution in [0.15, 0.2) is 16.9 Å². The van der Waals surface area contributed by atoms with Crippen LogP contribution in [0.1, 0.15) is 31.1 Å². The minimum absolute atomic E-state index is 0.217.